The van der Waals surface area contributed by atoms with Gasteiger partial charge in [-0.1, -0.05) is 6.08 Å². The molecule has 0 aromatic heterocycles. The van der Waals surface area contributed by atoms with E-state index in [1.165, 1.54) is 6.08 Å². The molecule has 14 heavy (non-hydrogen) atoms. The zero-order chi connectivity index (χ0) is 11.0. The normalized spacial score (nSPS) is 8.86. The first-order valence-corrected chi connectivity index (χ1v) is 3.92. The molecule has 0 aromatic rings. The van der Waals surface area contributed by atoms with Crippen LogP contribution in [0.2, 0.25) is 0 Å². The van der Waals surface area contributed by atoms with Gasteiger partial charge in [0.1, 0.15) is 6.54 Å². The molecule has 0 atom stereocenters. The van der Waals surface area contributed by atoms with E-state index in [0.29, 0.717) is 0 Å². The zero-order valence-corrected chi connectivity index (χ0v) is 7.58. The van der Waals surface area contributed by atoms with Crippen LogP contribution in [0.1, 0.15) is 6.42 Å². The summed E-state index contributed by atoms with van der Waals surface area (Å²) in [6.45, 7) is 2.68. The second kappa shape index (κ2) is 6.64. The number of carboxylic acids is 1. The van der Waals surface area contributed by atoms with E-state index in [-0.39, 0.29) is 18.9 Å². The van der Waals surface area contributed by atoms with Crippen molar-refractivity contribution in [1.29, 1.82) is 0 Å². The summed E-state index contributed by atoms with van der Waals surface area (Å²) in [6.07, 6.45) is 1.54. The summed E-state index contributed by atoms with van der Waals surface area (Å²) in [5, 5.41) is 12.6. The Hall–Kier alpha value is -1.85. The highest BCUT2D eigenvalue weighted by molar-refractivity contribution is 5.86. The first-order chi connectivity index (χ1) is 6.56. The van der Waals surface area contributed by atoms with Crippen molar-refractivity contribution in [2.75, 3.05) is 13.1 Å². The Morgan fingerprint density at radius 3 is 2.21 bits per heavy atom. The van der Waals surface area contributed by atoms with Gasteiger partial charge in [-0.2, -0.15) is 0 Å². The summed E-state index contributed by atoms with van der Waals surface area (Å²) >= 11 is 0. The molecule has 6 heteroatoms. The predicted molar refractivity (Wildman–Crippen MR) is 48.5 cm³/mol. The van der Waals surface area contributed by atoms with Gasteiger partial charge in [0.25, 0.3) is 0 Å². The third-order valence-corrected chi connectivity index (χ3v) is 1.21. The first-order valence-electron chi connectivity index (χ1n) is 3.92. The molecule has 0 aromatic carbocycles. The lowest BCUT2D eigenvalue weighted by molar-refractivity contribution is -0.137. The molecule has 2 amide bonds. The number of carboxylic acid groups (broad SMARTS) is 1. The van der Waals surface area contributed by atoms with Gasteiger partial charge in [0.05, 0.1) is 6.54 Å². The van der Waals surface area contributed by atoms with Gasteiger partial charge in [-0.05, 0) is 0 Å². The standard InChI is InChI=1S/C8H12N2O4/c1-2-3-6(11)9-4-7(12)10-5-8(13)14/h2H,1,3-5H2,(H,9,11)(H,10,12)(H,13,14). The van der Waals surface area contributed by atoms with E-state index in [1.807, 2.05) is 0 Å². The van der Waals surface area contributed by atoms with E-state index in [0.717, 1.165) is 0 Å². The van der Waals surface area contributed by atoms with E-state index in [1.54, 1.807) is 0 Å². The molecule has 0 aliphatic rings. The number of carbonyl (C=O) groups is 3. The molecular formula is C8H12N2O4. The lowest BCUT2D eigenvalue weighted by Gasteiger charge is -2.03. The number of nitrogens with one attached hydrogen (secondary N) is 2. The minimum Gasteiger partial charge on any atom is -0.480 e. The van der Waals surface area contributed by atoms with Gasteiger partial charge in [-0.25, -0.2) is 0 Å². The van der Waals surface area contributed by atoms with Crippen molar-refractivity contribution in [3.63, 3.8) is 0 Å². The van der Waals surface area contributed by atoms with Crippen LogP contribution in [0.25, 0.3) is 0 Å². The van der Waals surface area contributed by atoms with Crippen LogP contribution in [-0.4, -0.2) is 36.0 Å². The Labute approximate surface area is 81.0 Å². The lowest BCUT2D eigenvalue weighted by Crippen LogP contribution is -2.38. The minimum atomic E-state index is -1.13. The molecular weight excluding hydrogens is 188 g/mol. The van der Waals surface area contributed by atoms with Crippen LogP contribution in [0.3, 0.4) is 0 Å². The molecule has 0 aliphatic carbocycles. The Bertz CT molecular complexity index is 250. The minimum absolute atomic E-state index is 0.131. The summed E-state index contributed by atoms with van der Waals surface area (Å²) in [5.74, 6) is -1.99. The van der Waals surface area contributed by atoms with Gasteiger partial charge >= 0.3 is 5.97 Å². The third kappa shape index (κ3) is 6.84. The summed E-state index contributed by atoms with van der Waals surface area (Å²) < 4.78 is 0. The van der Waals surface area contributed by atoms with Gasteiger partial charge in [0.2, 0.25) is 11.8 Å². The number of carbonyl (C=O) groups excluding carboxylic acids is 2. The van der Waals surface area contributed by atoms with E-state index >= 15 is 0 Å². The highest BCUT2D eigenvalue weighted by Crippen LogP contribution is 1.78. The van der Waals surface area contributed by atoms with Crippen molar-refractivity contribution in [2.24, 2.45) is 0 Å². The number of hydrogen-bond acceptors (Lipinski definition) is 3. The molecule has 0 rings (SSSR count). The van der Waals surface area contributed by atoms with Crippen LogP contribution < -0.4 is 10.6 Å². The van der Waals surface area contributed by atoms with Crippen LogP contribution in [0.5, 0.6) is 0 Å². The maximum atomic E-state index is 10.8. The Morgan fingerprint density at radius 2 is 1.71 bits per heavy atom. The molecule has 0 heterocycles. The largest absolute Gasteiger partial charge is 0.480 e. The molecule has 0 unspecified atom stereocenters. The number of hydrogen-bond donors (Lipinski definition) is 3. The van der Waals surface area contributed by atoms with Crippen molar-refractivity contribution in [3.05, 3.63) is 12.7 Å². The quantitative estimate of drug-likeness (QED) is 0.473. The molecule has 78 valence electrons. The van der Waals surface area contributed by atoms with Crippen LogP contribution in [0, 0.1) is 0 Å². The second-order valence-electron chi connectivity index (χ2n) is 2.44. The lowest BCUT2D eigenvalue weighted by atomic mass is 10.4. The number of rotatable bonds is 6. The van der Waals surface area contributed by atoms with Crippen molar-refractivity contribution < 1.29 is 19.5 Å². The molecule has 0 saturated heterocycles. The monoisotopic (exact) mass is 200 g/mol. The molecule has 6 nitrogen and oxygen atoms in total. The predicted octanol–water partition coefficient (Wildman–Crippen LogP) is -1.12. The molecule has 0 aliphatic heterocycles. The van der Waals surface area contributed by atoms with Crippen LogP contribution in [0.4, 0.5) is 0 Å². The van der Waals surface area contributed by atoms with E-state index in [4.69, 9.17) is 5.11 Å². The maximum Gasteiger partial charge on any atom is 0.322 e. The van der Waals surface area contributed by atoms with Crippen molar-refractivity contribution >= 4 is 17.8 Å². The van der Waals surface area contributed by atoms with Gasteiger partial charge < -0.3 is 15.7 Å². The van der Waals surface area contributed by atoms with Crippen molar-refractivity contribution in [3.8, 4) is 0 Å². The maximum absolute atomic E-state index is 10.8. The third-order valence-electron chi connectivity index (χ3n) is 1.21. The average Bonchev–Trinajstić information content (AvgIpc) is 2.12. The Morgan fingerprint density at radius 1 is 1.14 bits per heavy atom. The van der Waals surface area contributed by atoms with Crippen molar-refractivity contribution in [2.45, 2.75) is 6.42 Å². The van der Waals surface area contributed by atoms with Crippen LogP contribution in [0.15, 0.2) is 12.7 Å². The van der Waals surface area contributed by atoms with E-state index < -0.39 is 18.4 Å². The Kier molecular flexibility index (Phi) is 5.77. The summed E-state index contributed by atoms with van der Waals surface area (Å²) in [4.78, 5) is 31.7. The molecule has 3 N–H and O–H groups in total. The van der Waals surface area contributed by atoms with Crippen LogP contribution in [-0.2, 0) is 14.4 Å². The van der Waals surface area contributed by atoms with Gasteiger partial charge in [-0.3, -0.25) is 14.4 Å². The topological polar surface area (TPSA) is 95.5 Å². The fraction of sp³-hybridized carbons (Fsp3) is 0.375. The highest BCUT2D eigenvalue weighted by Gasteiger charge is 2.04. The smallest absolute Gasteiger partial charge is 0.322 e. The van der Waals surface area contributed by atoms with E-state index in [2.05, 4.69) is 17.2 Å². The molecule has 0 spiro atoms. The SMILES string of the molecule is C=CCC(=O)NCC(=O)NCC(=O)O. The Balaban J connectivity index is 3.58. The fourth-order valence-electron chi connectivity index (χ4n) is 0.619. The van der Waals surface area contributed by atoms with Gasteiger partial charge in [0.15, 0.2) is 0 Å². The summed E-state index contributed by atoms with van der Waals surface area (Å²) in [6, 6.07) is 0. The number of aliphatic carboxylic acids is 1. The molecule has 0 radical (unpaired) electrons. The second-order valence-corrected chi connectivity index (χ2v) is 2.44. The first kappa shape index (κ1) is 12.2. The zero-order valence-electron chi connectivity index (χ0n) is 7.58. The fourth-order valence-corrected chi connectivity index (χ4v) is 0.619. The molecule has 0 fully saturated rings. The van der Waals surface area contributed by atoms with Crippen LogP contribution >= 0.6 is 0 Å². The van der Waals surface area contributed by atoms with Gasteiger partial charge in [0, 0.05) is 6.42 Å². The van der Waals surface area contributed by atoms with Crippen molar-refractivity contribution in [1.82, 2.24) is 10.6 Å². The molecule has 0 bridgehead atoms. The number of amides is 2. The summed E-state index contributed by atoms with van der Waals surface area (Å²) in [7, 11) is 0. The average molecular weight is 200 g/mol. The summed E-state index contributed by atoms with van der Waals surface area (Å²) in [5.41, 5.74) is 0. The van der Waals surface area contributed by atoms with E-state index in [9.17, 15) is 14.4 Å². The van der Waals surface area contributed by atoms with Gasteiger partial charge in [-0.15, -0.1) is 6.58 Å². The molecule has 0 saturated carbocycles. The highest BCUT2D eigenvalue weighted by atomic mass is 16.4.